The number of rotatable bonds is 4. The summed E-state index contributed by atoms with van der Waals surface area (Å²) >= 11 is 1.67. The molecule has 4 nitrogen and oxygen atoms in total. The first-order chi connectivity index (χ1) is 7.56. The number of hydrogen-bond donors (Lipinski definition) is 1. The van der Waals surface area contributed by atoms with E-state index in [1.54, 1.807) is 30.6 Å². The maximum atomic E-state index is 11.9. The highest BCUT2D eigenvalue weighted by atomic mass is 32.2. The molecule has 1 N–H and O–H groups in total. The number of carbonyl (C=O) groups excluding carboxylic acids is 1. The Kier molecular flexibility index (Phi) is 4.61. The van der Waals surface area contributed by atoms with Gasteiger partial charge in [-0.15, -0.1) is 0 Å². The predicted octanol–water partition coefficient (Wildman–Crippen LogP) is 1.12. The molecule has 0 fully saturated rings. The molecule has 1 aromatic rings. The number of hydrogen-bond acceptors (Lipinski definition) is 3. The molecule has 1 heterocycles. The van der Waals surface area contributed by atoms with Gasteiger partial charge >= 0.3 is 0 Å². The average molecular weight is 240 g/mol. The molecule has 1 rings (SSSR count). The Morgan fingerprint density at radius 3 is 2.81 bits per heavy atom. The fraction of sp³-hybridized carbons (Fsp3) is 0.455. The van der Waals surface area contributed by atoms with Crippen LogP contribution in [0, 0.1) is 6.92 Å². The molecule has 1 amide bonds. The molecule has 88 valence electrons. The zero-order valence-electron chi connectivity index (χ0n) is 9.74. The number of pyridine rings is 1. The van der Waals surface area contributed by atoms with E-state index in [4.69, 9.17) is 0 Å². The number of carbonyl (C=O) groups is 1. The van der Waals surface area contributed by atoms with Crippen molar-refractivity contribution < 1.29 is 4.79 Å². The number of aromatic amines is 1. The number of thioether (sulfide) groups is 1. The van der Waals surface area contributed by atoms with Crippen LogP contribution in [-0.4, -0.2) is 41.4 Å². The van der Waals surface area contributed by atoms with E-state index in [0.717, 1.165) is 11.4 Å². The zero-order chi connectivity index (χ0) is 12.1. The van der Waals surface area contributed by atoms with Crippen molar-refractivity contribution in [3.63, 3.8) is 0 Å². The van der Waals surface area contributed by atoms with E-state index in [2.05, 4.69) is 4.98 Å². The van der Waals surface area contributed by atoms with Crippen molar-refractivity contribution in [1.82, 2.24) is 9.88 Å². The number of aryl methyl sites for hydroxylation is 1. The van der Waals surface area contributed by atoms with Gasteiger partial charge in [0.15, 0.2) is 5.43 Å². The molecule has 0 unspecified atom stereocenters. The lowest BCUT2D eigenvalue weighted by Crippen LogP contribution is -2.32. The molecule has 0 saturated carbocycles. The highest BCUT2D eigenvalue weighted by molar-refractivity contribution is 7.98. The fourth-order valence-corrected chi connectivity index (χ4v) is 1.73. The van der Waals surface area contributed by atoms with Gasteiger partial charge in [0.1, 0.15) is 5.56 Å². The van der Waals surface area contributed by atoms with Crippen LogP contribution in [0.3, 0.4) is 0 Å². The standard InChI is InChI=1S/C11H16N2O2S/c1-8-6-10(14)9(7-12-8)11(15)13(2)4-5-16-3/h6-7H,4-5H2,1-3H3,(H,12,14). The van der Waals surface area contributed by atoms with E-state index in [1.807, 2.05) is 6.26 Å². The van der Waals surface area contributed by atoms with E-state index in [-0.39, 0.29) is 16.9 Å². The molecule has 0 spiro atoms. The van der Waals surface area contributed by atoms with Crippen LogP contribution in [-0.2, 0) is 0 Å². The third-order valence-corrected chi connectivity index (χ3v) is 2.86. The van der Waals surface area contributed by atoms with Crippen molar-refractivity contribution >= 4 is 17.7 Å². The van der Waals surface area contributed by atoms with Gasteiger partial charge in [0, 0.05) is 37.3 Å². The van der Waals surface area contributed by atoms with Crippen molar-refractivity contribution in [3.05, 3.63) is 33.7 Å². The third-order valence-electron chi connectivity index (χ3n) is 2.27. The second-order valence-corrected chi connectivity index (χ2v) is 4.60. The summed E-state index contributed by atoms with van der Waals surface area (Å²) in [6.07, 6.45) is 3.46. The molecular weight excluding hydrogens is 224 g/mol. The van der Waals surface area contributed by atoms with Gasteiger partial charge in [-0.3, -0.25) is 9.59 Å². The van der Waals surface area contributed by atoms with Gasteiger partial charge in [0.05, 0.1) is 0 Å². The van der Waals surface area contributed by atoms with Crippen LogP contribution >= 0.6 is 11.8 Å². The number of nitrogens with one attached hydrogen (secondary N) is 1. The van der Waals surface area contributed by atoms with Gasteiger partial charge < -0.3 is 9.88 Å². The molecule has 0 bridgehead atoms. The van der Waals surface area contributed by atoms with Crippen LogP contribution in [0.1, 0.15) is 16.1 Å². The summed E-state index contributed by atoms with van der Waals surface area (Å²) in [7, 11) is 1.71. The minimum absolute atomic E-state index is 0.203. The molecular formula is C11H16N2O2S. The fourth-order valence-electron chi connectivity index (χ4n) is 1.28. The zero-order valence-corrected chi connectivity index (χ0v) is 10.6. The quantitative estimate of drug-likeness (QED) is 0.858. The first-order valence-corrected chi connectivity index (χ1v) is 6.39. The highest BCUT2D eigenvalue weighted by Gasteiger charge is 2.14. The van der Waals surface area contributed by atoms with E-state index in [0.29, 0.717) is 6.54 Å². The van der Waals surface area contributed by atoms with Crippen LogP contribution < -0.4 is 5.43 Å². The minimum atomic E-state index is -0.227. The van der Waals surface area contributed by atoms with Gasteiger partial charge in [0.25, 0.3) is 5.91 Å². The number of H-pyrrole nitrogens is 1. The summed E-state index contributed by atoms with van der Waals surface area (Å²) in [6.45, 7) is 2.43. The number of aromatic nitrogens is 1. The Labute approximate surface area is 99.0 Å². The third kappa shape index (κ3) is 3.13. The summed E-state index contributed by atoms with van der Waals surface area (Å²) in [5.41, 5.74) is 0.736. The Morgan fingerprint density at radius 2 is 2.25 bits per heavy atom. The molecule has 0 aliphatic carbocycles. The summed E-state index contributed by atoms with van der Waals surface area (Å²) < 4.78 is 0. The molecule has 0 radical (unpaired) electrons. The maximum absolute atomic E-state index is 11.9. The van der Waals surface area contributed by atoms with E-state index in [9.17, 15) is 9.59 Å². The lowest BCUT2D eigenvalue weighted by atomic mass is 10.2. The monoisotopic (exact) mass is 240 g/mol. The van der Waals surface area contributed by atoms with Gasteiger partial charge in [-0.1, -0.05) is 0 Å². The Hall–Kier alpha value is -1.23. The van der Waals surface area contributed by atoms with Crippen molar-refractivity contribution in [2.75, 3.05) is 25.6 Å². The van der Waals surface area contributed by atoms with Crippen molar-refractivity contribution in [1.29, 1.82) is 0 Å². The van der Waals surface area contributed by atoms with Crippen molar-refractivity contribution in [2.24, 2.45) is 0 Å². The van der Waals surface area contributed by atoms with E-state index in [1.165, 1.54) is 12.3 Å². The molecule has 0 aliphatic heterocycles. The Bertz CT molecular complexity index is 428. The SMILES string of the molecule is CSCCN(C)C(=O)c1c[nH]c(C)cc1=O. The molecule has 5 heteroatoms. The van der Waals surface area contributed by atoms with Gasteiger partial charge in [0.2, 0.25) is 0 Å². The summed E-state index contributed by atoms with van der Waals surface area (Å²) in [5.74, 6) is 0.640. The van der Waals surface area contributed by atoms with Crippen LogP contribution in [0.5, 0.6) is 0 Å². The topological polar surface area (TPSA) is 53.2 Å². The van der Waals surface area contributed by atoms with Crippen LogP contribution in [0.2, 0.25) is 0 Å². The molecule has 0 aromatic carbocycles. The summed E-state index contributed by atoms with van der Waals surface area (Å²) in [4.78, 5) is 27.9. The second kappa shape index (κ2) is 5.75. The van der Waals surface area contributed by atoms with Crippen molar-refractivity contribution in [3.8, 4) is 0 Å². The molecule has 16 heavy (non-hydrogen) atoms. The Morgan fingerprint density at radius 1 is 1.56 bits per heavy atom. The minimum Gasteiger partial charge on any atom is -0.364 e. The first kappa shape index (κ1) is 12.8. The number of nitrogens with zero attached hydrogens (tertiary/aromatic N) is 1. The van der Waals surface area contributed by atoms with Crippen LogP contribution in [0.25, 0.3) is 0 Å². The summed E-state index contributed by atoms with van der Waals surface area (Å²) in [5, 5.41) is 0. The molecule has 0 atom stereocenters. The van der Waals surface area contributed by atoms with E-state index < -0.39 is 0 Å². The van der Waals surface area contributed by atoms with Gasteiger partial charge in [-0.25, -0.2) is 0 Å². The largest absolute Gasteiger partial charge is 0.364 e. The Balaban J connectivity index is 2.84. The lowest BCUT2D eigenvalue weighted by molar-refractivity contribution is 0.0802. The average Bonchev–Trinajstić information content (AvgIpc) is 2.25. The molecule has 0 saturated heterocycles. The number of amides is 1. The smallest absolute Gasteiger partial charge is 0.259 e. The first-order valence-electron chi connectivity index (χ1n) is 5.00. The predicted molar refractivity (Wildman–Crippen MR) is 67.1 cm³/mol. The lowest BCUT2D eigenvalue weighted by Gasteiger charge is -2.15. The molecule has 1 aromatic heterocycles. The highest BCUT2D eigenvalue weighted by Crippen LogP contribution is 2.00. The van der Waals surface area contributed by atoms with Gasteiger partial charge in [-0.2, -0.15) is 11.8 Å². The van der Waals surface area contributed by atoms with Crippen LogP contribution in [0.15, 0.2) is 17.1 Å². The van der Waals surface area contributed by atoms with E-state index >= 15 is 0 Å². The summed E-state index contributed by atoms with van der Waals surface area (Å²) in [6, 6.07) is 1.44. The van der Waals surface area contributed by atoms with Gasteiger partial charge in [-0.05, 0) is 13.2 Å². The second-order valence-electron chi connectivity index (χ2n) is 3.61. The maximum Gasteiger partial charge on any atom is 0.259 e. The van der Waals surface area contributed by atoms with Crippen LogP contribution in [0.4, 0.5) is 0 Å². The molecule has 0 aliphatic rings. The normalized spacial score (nSPS) is 10.2. The van der Waals surface area contributed by atoms with Crippen molar-refractivity contribution in [2.45, 2.75) is 6.92 Å².